The number of carbonyl (C=O) groups is 2. The molecule has 0 atom stereocenters. The number of morpholine rings is 2. The zero-order chi connectivity index (χ0) is 37.1. The predicted molar refractivity (Wildman–Crippen MR) is 214 cm³/mol. The third-order valence-electron chi connectivity index (χ3n) is 9.45. The average Bonchev–Trinajstić information content (AvgIpc) is 3.89. The zero-order valence-corrected chi connectivity index (χ0v) is 32.5. The third kappa shape index (κ3) is 7.61. The summed E-state index contributed by atoms with van der Waals surface area (Å²) in [5.41, 5.74) is 6.83. The molecule has 2 aromatic carbocycles. The van der Waals surface area contributed by atoms with Crippen molar-refractivity contribution in [3.63, 3.8) is 0 Å². The van der Waals surface area contributed by atoms with E-state index in [-0.39, 0.29) is 11.9 Å². The van der Waals surface area contributed by atoms with Gasteiger partial charge in [-0.1, -0.05) is 34.8 Å². The number of ether oxygens (including phenoxy) is 4. The predicted octanol–water partition coefficient (Wildman–Crippen LogP) is 7.67. The molecule has 11 nitrogen and oxygen atoms in total. The molecule has 0 bridgehead atoms. The Balaban J connectivity index is 1.36. The van der Waals surface area contributed by atoms with Gasteiger partial charge in [0.05, 0.1) is 60.8 Å². The summed E-state index contributed by atoms with van der Waals surface area (Å²) in [6.07, 6.45) is 3.68. The molecule has 2 aliphatic heterocycles. The molecular formula is C40H45N5O6S2. The number of hydrogen-bond donors (Lipinski definition) is 0. The van der Waals surface area contributed by atoms with Crippen molar-refractivity contribution in [2.45, 2.75) is 41.2 Å². The maximum absolute atomic E-state index is 12.7. The molecule has 2 saturated heterocycles. The van der Waals surface area contributed by atoms with Crippen LogP contribution in [0.1, 0.15) is 46.0 Å². The summed E-state index contributed by atoms with van der Waals surface area (Å²) in [5, 5.41) is 4.06. The fourth-order valence-electron chi connectivity index (χ4n) is 6.77. The molecule has 5 aromatic rings. The number of carbonyl (C=O) groups excluding carboxylic acids is 2. The zero-order valence-electron chi connectivity index (χ0n) is 30.9. The van der Waals surface area contributed by atoms with Crippen LogP contribution in [-0.4, -0.2) is 92.3 Å². The number of nitrogens with zero attached hydrogens (tertiary/aromatic N) is 5. The monoisotopic (exact) mass is 755 g/mol. The molecule has 7 rings (SSSR count). The van der Waals surface area contributed by atoms with E-state index in [9.17, 15) is 9.59 Å². The van der Waals surface area contributed by atoms with Crippen molar-refractivity contribution >= 4 is 78.8 Å². The van der Waals surface area contributed by atoms with Crippen LogP contribution in [0.4, 0.5) is 10.3 Å². The second-order valence-corrected chi connectivity index (χ2v) is 14.9. The molecule has 2 fully saturated rings. The van der Waals surface area contributed by atoms with Gasteiger partial charge < -0.3 is 33.3 Å². The SMILES string of the molecule is CCOC(=O)/C(C)=C\c1nc(N2CCOCC2)sc1-c1ccc2c(c1)c1cc(-c3sc(N4CCOCC4)nc3/C=C(/C)C(=O)OCC)ccc1n2CC. The fourth-order valence-corrected chi connectivity index (χ4v) is 8.96. The lowest BCUT2D eigenvalue weighted by molar-refractivity contribution is -0.139. The molecule has 0 radical (unpaired) electrons. The van der Waals surface area contributed by atoms with Gasteiger partial charge in [-0.05, 0) is 82.2 Å². The lowest BCUT2D eigenvalue weighted by Gasteiger charge is -2.26. The first kappa shape index (κ1) is 36.8. The Morgan fingerprint density at radius 3 is 1.49 bits per heavy atom. The number of rotatable bonds is 11. The lowest BCUT2D eigenvalue weighted by Crippen LogP contribution is -2.36. The third-order valence-corrected chi connectivity index (χ3v) is 11.8. The minimum Gasteiger partial charge on any atom is -0.463 e. The van der Waals surface area contributed by atoms with Crippen molar-refractivity contribution in [2.24, 2.45) is 0 Å². The molecule has 0 spiro atoms. The Labute approximate surface area is 317 Å². The van der Waals surface area contributed by atoms with Crippen molar-refractivity contribution < 1.29 is 28.5 Å². The molecule has 5 heterocycles. The molecule has 0 N–H and O–H groups in total. The average molecular weight is 756 g/mol. The van der Waals surface area contributed by atoms with E-state index in [4.69, 9.17) is 28.9 Å². The maximum Gasteiger partial charge on any atom is 0.333 e. The van der Waals surface area contributed by atoms with E-state index in [0.717, 1.165) is 97.1 Å². The summed E-state index contributed by atoms with van der Waals surface area (Å²) >= 11 is 3.27. The van der Waals surface area contributed by atoms with E-state index in [2.05, 4.69) is 57.7 Å². The molecular weight excluding hydrogens is 711 g/mol. The highest BCUT2D eigenvalue weighted by Gasteiger charge is 2.23. The summed E-state index contributed by atoms with van der Waals surface area (Å²) in [4.78, 5) is 41.9. The number of anilines is 2. The van der Waals surface area contributed by atoms with Crippen LogP contribution in [0, 0.1) is 0 Å². The van der Waals surface area contributed by atoms with Crippen LogP contribution in [0.15, 0.2) is 47.5 Å². The standard InChI is InChI=1S/C40H45N5O6S2/c1-6-45-33-11-9-27(35-31(21-25(4)37(46)50-7-2)41-39(52-35)43-13-17-48-18-14-43)23-29(33)30-24-28(10-12-34(30)45)36-32(22-26(5)38(47)51-8-3)42-40(53-36)44-15-19-49-20-16-44/h9-12,21-24H,6-8,13-20H2,1-5H3/b25-21-,26-22-. The molecule has 53 heavy (non-hydrogen) atoms. The molecule has 0 unspecified atom stereocenters. The summed E-state index contributed by atoms with van der Waals surface area (Å²) in [5.74, 6) is -0.695. The molecule has 2 aliphatic rings. The van der Waals surface area contributed by atoms with Gasteiger partial charge in [0.15, 0.2) is 10.3 Å². The molecule has 13 heteroatoms. The Morgan fingerprint density at radius 2 is 1.11 bits per heavy atom. The number of esters is 2. The normalized spacial score (nSPS) is 15.8. The minimum absolute atomic E-state index is 0.311. The van der Waals surface area contributed by atoms with Crippen molar-refractivity contribution in [2.75, 3.05) is 75.6 Å². The number of aromatic nitrogens is 3. The van der Waals surface area contributed by atoms with Gasteiger partial charge in [-0.2, -0.15) is 0 Å². The van der Waals surface area contributed by atoms with Crippen molar-refractivity contribution in [1.29, 1.82) is 0 Å². The second kappa shape index (κ2) is 16.2. The van der Waals surface area contributed by atoms with Gasteiger partial charge in [-0.25, -0.2) is 19.6 Å². The number of aryl methyl sites for hydroxylation is 1. The molecule has 0 amide bonds. The highest BCUT2D eigenvalue weighted by Crippen LogP contribution is 2.42. The summed E-state index contributed by atoms with van der Waals surface area (Å²) in [6, 6.07) is 13.2. The number of benzene rings is 2. The van der Waals surface area contributed by atoms with E-state index >= 15 is 0 Å². The van der Waals surface area contributed by atoms with Crippen LogP contribution in [0.25, 0.3) is 54.8 Å². The Bertz CT molecular complexity index is 2050. The summed E-state index contributed by atoms with van der Waals surface area (Å²) < 4.78 is 24.2. The first-order chi connectivity index (χ1) is 25.8. The molecule has 0 saturated carbocycles. The maximum atomic E-state index is 12.7. The highest BCUT2D eigenvalue weighted by molar-refractivity contribution is 7.19. The van der Waals surface area contributed by atoms with Crippen LogP contribution < -0.4 is 9.80 Å². The van der Waals surface area contributed by atoms with Crippen molar-refractivity contribution in [3.8, 4) is 20.9 Å². The molecule has 3 aromatic heterocycles. The smallest absolute Gasteiger partial charge is 0.333 e. The number of hydrogen-bond acceptors (Lipinski definition) is 12. The van der Waals surface area contributed by atoms with Crippen molar-refractivity contribution in [1.82, 2.24) is 14.5 Å². The second-order valence-electron chi connectivity index (χ2n) is 12.9. The molecule has 278 valence electrons. The topological polar surface area (TPSA) is 108 Å². The van der Waals surface area contributed by atoms with Crippen LogP contribution in [0.5, 0.6) is 0 Å². The largest absolute Gasteiger partial charge is 0.463 e. The Kier molecular flexibility index (Phi) is 11.3. The van der Waals surface area contributed by atoms with Crippen LogP contribution in [0.2, 0.25) is 0 Å². The van der Waals surface area contributed by atoms with Crippen LogP contribution in [-0.2, 0) is 35.1 Å². The van der Waals surface area contributed by atoms with Gasteiger partial charge >= 0.3 is 11.9 Å². The highest BCUT2D eigenvalue weighted by atomic mass is 32.1. The van der Waals surface area contributed by atoms with Gasteiger partial charge in [0.1, 0.15) is 0 Å². The Morgan fingerprint density at radius 1 is 0.698 bits per heavy atom. The van der Waals surface area contributed by atoms with E-state index < -0.39 is 0 Å². The van der Waals surface area contributed by atoms with Crippen LogP contribution >= 0.6 is 22.7 Å². The summed E-state index contributed by atoms with van der Waals surface area (Å²) in [6.45, 7) is 16.4. The molecule has 0 aliphatic carbocycles. The summed E-state index contributed by atoms with van der Waals surface area (Å²) in [7, 11) is 0. The van der Waals surface area contributed by atoms with E-state index in [1.807, 2.05) is 26.0 Å². The van der Waals surface area contributed by atoms with E-state index in [1.54, 1.807) is 36.5 Å². The quantitative estimate of drug-likeness (QED) is 0.0985. The van der Waals surface area contributed by atoms with Gasteiger partial charge in [0.2, 0.25) is 0 Å². The number of thiazole rings is 2. The Hall–Kier alpha value is -4.56. The lowest BCUT2D eigenvalue weighted by atomic mass is 10.0. The fraction of sp³-hybridized carbons (Fsp3) is 0.400. The van der Waals surface area contributed by atoms with E-state index in [1.165, 1.54) is 0 Å². The van der Waals surface area contributed by atoms with E-state index in [0.29, 0.717) is 50.8 Å². The van der Waals surface area contributed by atoms with Gasteiger partial charge in [0.25, 0.3) is 0 Å². The van der Waals surface area contributed by atoms with Gasteiger partial charge in [0, 0.05) is 65.7 Å². The number of fused-ring (bicyclic) bond motifs is 3. The first-order valence-corrected chi connectivity index (χ1v) is 19.9. The van der Waals surface area contributed by atoms with Crippen LogP contribution in [0.3, 0.4) is 0 Å². The van der Waals surface area contributed by atoms with Crippen molar-refractivity contribution in [3.05, 3.63) is 58.9 Å². The minimum atomic E-state index is -0.347. The van der Waals surface area contributed by atoms with Gasteiger partial charge in [-0.15, -0.1) is 0 Å². The first-order valence-electron chi connectivity index (χ1n) is 18.2. The van der Waals surface area contributed by atoms with Gasteiger partial charge in [-0.3, -0.25) is 0 Å².